The minimum atomic E-state index is -0.0855. The van der Waals surface area contributed by atoms with Gasteiger partial charge in [-0.3, -0.25) is 0 Å². The monoisotopic (exact) mass is 410 g/mol. The van der Waals surface area contributed by atoms with Crippen LogP contribution >= 0.6 is 15.9 Å². The number of aromatic nitrogens is 1. The molecule has 0 bridgehead atoms. The maximum Gasteiger partial charge on any atom is 0.0470 e. The Hall–Kier alpha value is -1.84. The maximum atomic E-state index is 4.04. The van der Waals surface area contributed by atoms with Crippen molar-refractivity contribution in [3.8, 4) is 0 Å². The molecule has 3 aromatic rings. The second-order valence-electron chi connectivity index (χ2n) is 7.51. The molecule has 136 valence electrons. The summed E-state index contributed by atoms with van der Waals surface area (Å²) in [5, 5.41) is 4.88. The lowest BCUT2D eigenvalue weighted by Gasteiger charge is -2.21. The summed E-state index contributed by atoms with van der Waals surface area (Å²) in [6.07, 6.45) is 3.01. The van der Waals surface area contributed by atoms with E-state index in [-0.39, 0.29) is 5.41 Å². The Morgan fingerprint density at radius 1 is 1.15 bits per heavy atom. The minimum Gasteiger partial charge on any atom is -0.357 e. The summed E-state index contributed by atoms with van der Waals surface area (Å²) >= 11 is 3.58. The molecule has 0 radical (unpaired) electrons. The highest BCUT2D eigenvalue weighted by molar-refractivity contribution is 9.10. The fraction of sp³-hybridized carbons (Fsp3) is 0.304. The number of aryl methyl sites for hydroxylation is 1. The van der Waals surface area contributed by atoms with E-state index in [9.17, 15) is 0 Å². The van der Waals surface area contributed by atoms with Gasteiger partial charge in [-0.25, -0.2) is 0 Å². The Balaban J connectivity index is 1.78. The molecular weight excluding hydrogens is 384 g/mol. The van der Waals surface area contributed by atoms with Crippen molar-refractivity contribution in [1.29, 1.82) is 0 Å². The first-order chi connectivity index (χ1) is 12.4. The molecule has 2 aromatic carbocycles. The average Bonchev–Trinajstić information content (AvgIpc) is 2.98. The number of benzene rings is 2. The second-order valence-corrected chi connectivity index (χ2v) is 8.42. The Bertz CT molecular complexity index is 904. The van der Waals surface area contributed by atoms with E-state index >= 15 is 0 Å². The van der Waals surface area contributed by atoms with Gasteiger partial charge in [0.2, 0.25) is 0 Å². The van der Waals surface area contributed by atoms with E-state index in [1.54, 1.807) is 0 Å². The van der Waals surface area contributed by atoms with Gasteiger partial charge in [0.25, 0.3) is 0 Å². The van der Waals surface area contributed by atoms with Crippen molar-refractivity contribution in [2.45, 2.75) is 39.2 Å². The number of allylic oxidation sites excluding steroid dienone is 1. The molecule has 1 heterocycles. The van der Waals surface area contributed by atoms with Gasteiger partial charge in [0, 0.05) is 33.0 Å². The van der Waals surface area contributed by atoms with Crippen LogP contribution in [-0.4, -0.2) is 11.5 Å². The molecule has 0 aliphatic carbocycles. The van der Waals surface area contributed by atoms with Crippen LogP contribution in [0.2, 0.25) is 0 Å². The zero-order valence-corrected chi connectivity index (χ0v) is 17.4. The Morgan fingerprint density at radius 2 is 1.88 bits per heavy atom. The van der Waals surface area contributed by atoms with Crippen molar-refractivity contribution < 1.29 is 0 Å². The fourth-order valence-electron chi connectivity index (χ4n) is 3.29. The van der Waals surface area contributed by atoms with Crippen molar-refractivity contribution in [1.82, 2.24) is 10.3 Å². The molecular formula is C23H27BrN2. The van der Waals surface area contributed by atoms with Gasteiger partial charge in [-0.05, 0) is 43.1 Å². The van der Waals surface area contributed by atoms with E-state index in [0.717, 1.165) is 24.0 Å². The number of halogens is 1. The summed E-state index contributed by atoms with van der Waals surface area (Å²) < 4.78 is 1.10. The van der Waals surface area contributed by atoms with Crippen LogP contribution in [0.3, 0.4) is 0 Å². The van der Waals surface area contributed by atoms with Gasteiger partial charge >= 0.3 is 0 Å². The molecule has 3 heteroatoms. The standard InChI is InChI=1S/C23H27BrN2/c1-5-23(3,4)22-20(19-11-10-18(24)14-21(19)26-22)12-13-25-15-17-8-6-16(2)7-9-17/h5-11,14,25-26H,1,12-13,15H2,2-4H3. The van der Waals surface area contributed by atoms with Crippen molar-refractivity contribution in [3.05, 3.63) is 82.0 Å². The summed E-state index contributed by atoms with van der Waals surface area (Å²) in [7, 11) is 0. The van der Waals surface area contributed by atoms with E-state index in [1.165, 1.54) is 33.3 Å². The fourth-order valence-corrected chi connectivity index (χ4v) is 3.65. The van der Waals surface area contributed by atoms with Gasteiger partial charge < -0.3 is 10.3 Å². The van der Waals surface area contributed by atoms with E-state index in [4.69, 9.17) is 0 Å². The predicted octanol–water partition coefficient (Wildman–Crippen LogP) is 6.03. The summed E-state index contributed by atoms with van der Waals surface area (Å²) in [5.74, 6) is 0. The summed E-state index contributed by atoms with van der Waals surface area (Å²) in [6.45, 7) is 12.4. The first-order valence-electron chi connectivity index (χ1n) is 9.11. The molecule has 0 saturated carbocycles. The second kappa shape index (κ2) is 7.81. The van der Waals surface area contributed by atoms with Gasteiger partial charge in [0.1, 0.15) is 0 Å². The lowest BCUT2D eigenvalue weighted by atomic mass is 9.86. The van der Waals surface area contributed by atoms with Crippen molar-refractivity contribution in [2.24, 2.45) is 0 Å². The zero-order valence-electron chi connectivity index (χ0n) is 15.8. The SMILES string of the molecule is C=CC(C)(C)c1[nH]c2cc(Br)ccc2c1CCNCc1ccc(C)cc1. The number of rotatable bonds is 7. The van der Waals surface area contributed by atoms with Crippen LogP contribution in [0.25, 0.3) is 10.9 Å². The normalized spacial score (nSPS) is 11.8. The van der Waals surface area contributed by atoms with Gasteiger partial charge in [0.05, 0.1) is 0 Å². The highest BCUT2D eigenvalue weighted by Crippen LogP contribution is 2.33. The van der Waals surface area contributed by atoms with Gasteiger partial charge in [-0.2, -0.15) is 0 Å². The molecule has 2 N–H and O–H groups in total. The molecule has 0 unspecified atom stereocenters. The Kier molecular flexibility index (Phi) is 5.69. The topological polar surface area (TPSA) is 27.8 Å². The molecule has 0 spiro atoms. The van der Waals surface area contributed by atoms with Crippen LogP contribution in [0.15, 0.2) is 59.6 Å². The first-order valence-corrected chi connectivity index (χ1v) is 9.90. The first kappa shape index (κ1) is 18.9. The quantitative estimate of drug-likeness (QED) is 0.360. The third kappa shape index (κ3) is 4.11. The molecule has 0 aliphatic rings. The number of aromatic amines is 1. The molecule has 1 aromatic heterocycles. The molecule has 26 heavy (non-hydrogen) atoms. The van der Waals surface area contributed by atoms with E-state index in [0.29, 0.717) is 0 Å². The number of nitrogens with one attached hydrogen (secondary N) is 2. The molecule has 0 atom stereocenters. The molecule has 0 fully saturated rings. The van der Waals surface area contributed by atoms with Crippen LogP contribution in [0.4, 0.5) is 0 Å². The van der Waals surface area contributed by atoms with Crippen LogP contribution in [-0.2, 0) is 18.4 Å². The number of hydrogen-bond acceptors (Lipinski definition) is 1. The Labute approximate surface area is 164 Å². The number of hydrogen-bond donors (Lipinski definition) is 2. The van der Waals surface area contributed by atoms with Crippen LogP contribution < -0.4 is 5.32 Å². The third-order valence-corrected chi connectivity index (χ3v) is 5.52. The molecule has 0 amide bonds. The lowest BCUT2D eigenvalue weighted by molar-refractivity contribution is 0.630. The van der Waals surface area contributed by atoms with Crippen LogP contribution in [0.5, 0.6) is 0 Å². The van der Waals surface area contributed by atoms with Crippen molar-refractivity contribution in [3.63, 3.8) is 0 Å². The molecule has 0 aliphatic heterocycles. The number of H-pyrrole nitrogens is 1. The highest BCUT2D eigenvalue weighted by atomic mass is 79.9. The predicted molar refractivity (Wildman–Crippen MR) is 116 cm³/mol. The van der Waals surface area contributed by atoms with Gasteiger partial charge in [-0.15, -0.1) is 6.58 Å². The van der Waals surface area contributed by atoms with Crippen LogP contribution in [0.1, 0.15) is 36.2 Å². The van der Waals surface area contributed by atoms with Crippen LogP contribution in [0, 0.1) is 6.92 Å². The van der Waals surface area contributed by atoms with Crippen molar-refractivity contribution >= 4 is 26.8 Å². The van der Waals surface area contributed by atoms with Crippen molar-refractivity contribution in [2.75, 3.05) is 6.54 Å². The van der Waals surface area contributed by atoms with E-state index < -0.39 is 0 Å². The van der Waals surface area contributed by atoms with Gasteiger partial charge in [0.15, 0.2) is 0 Å². The Morgan fingerprint density at radius 3 is 2.58 bits per heavy atom. The summed E-state index contributed by atoms with van der Waals surface area (Å²) in [6, 6.07) is 15.2. The minimum absolute atomic E-state index is 0.0855. The molecule has 0 saturated heterocycles. The molecule has 3 rings (SSSR count). The molecule has 2 nitrogen and oxygen atoms in total. The largest absolute Gasteiger partial charge is 0.357 e. The summed E-state index contributed by atoms with van der Waals surface area (Å²) in [5.41, 5.74) is 6.36. The lowest BCUT2D eigenvalue weighted by Crippen LogP contribution is -2.20. The number of fused-ring (bicyclic) bond motifs is 1. The van der Waals surface area contributed by atoms with Gasteiger partial charge in [-0.1, -0.05) is 71.7 Å². The zero-order chi connectivity index (χ0) is 18.7. The van der Waals surface area contributed by atoms with E-state index in [1.807, 2.05) is 6.08 Å². The maximum absolute atomic E-state index is 4.04. The van der Waals surface area contributed by atoms with E-state index in [2.05, 4.69) is 96.0 Å². The average molecular weight is 411 g/mol. The summed E-state index contributed by atoms with van der Waals surface area (Å²) in [4.78, 5) is 3.63. The smallest absolute Gasteiger partial charge is 0.0470 e. The highest BCUT2D eigenvalue weighted by Gasteiger charge is 2.23. The third-order valence-electron chi connectivity index (χ3n) is 5.02.